The van der Waals surface area contributed by atoms with E-state index in [2.05, 4.69) is 25.8 Å². The zero-order chi connectivity index (χ0) is 19.1. The summed E-state index contributed by atoms with van der Waals surface area (Å²) in [5.41, 5.74) is 1.78. The summed E-state index contributed by atoms with van der Waals surface area (Å²) >= 11 is 0. The molecule has 27 heavy (non-hydrogen) atoms. The van der Waals surface area contributed by atoms with Crippen LogP contribution in [0.15, 0.2) is 48.7 Å². The van der Waals surface area contributed by atoms with Crippen molar-refractivity contribution in [3.05, 3.63) is 60.0 Å². The maximum Gasteiger partial charge on any atom is 0.249 e. The second kappa shape index (κ2) is 8.79. The Morgan fingerprint density at radius 1 is 1.00 bits per heavy atom. The van der Waals surface area contributed by atoms with E-state index in [1.165, 1.54) is 12.1 Å². The number of aromatic nitrogens is 3. The Kier molecular flexibility index (Phi) is 5.98. The van der Waals surface area contributed by atoms with Gasteiger partial charge in [-0.2, -0.15) is 10.1 Å². The van der Waals surface area contributed by atoms with Crippen molar-refractivity contribution < 1.29 is 13.9 Å². The van der Waals surface area contributed by atoms with Crippen LogP contribution in [0.4, 0.5) is 21.8 Å². The number of hydrogen-bond acceptors (Lipinski definition) is 7. The molecule has 2 N–H and O–H groups in total. The van der Waals surface area contributed by atoms with Crippen molar-refractivity contribution in [3.63, 3.8) is 0 Å². The molecule has 0 fully saturated rings. The maximum absolute atomic E-state index is 13.0. The van der Waals surface area contributed by atoms with Gasteiger partial charge in [-0.25, -0.2) is 4.39 Å². The Balaban J connectivity index is 1.57. The molecule has 7 nitrogen and oxygen atoms in total. The van der Waals surface area contributed by atoms with Gasteiger partial charge in [0.1, 0.15) is 5.82 Å². The van der Waals surface area contributed by atoms with Gasteiger partial charge in [0, 0.05) is 12.2 Å². The molecule has 3 rings (SSSR count). The van der Waals surface area contributed by atoms with Gasteiger partial charge in [-0.3, -0.25) is 0 Å². The Bertz CT molecular complexity index is 890. The molecule has 2 aromatic carbocycles. The molecule has 0 saturated carbocycles. The SMILES string of the molecule is COc1ccc(CCNc2cnnc(Nc3ccc(F)cc3)n2)cc1OC. The number of hydrogen-bond donors (Lipinski definition) is 2. The molecule has 1 heterocycles. The minimum atomic E-state index is -0.301. The standard InChI is InChI=1S/C19H20FN5O2/c1-26-16-8-3-13(11-17(16)27-2)9-10-21-18-12-22-25-19(24-18)23-15-6-4-14(20)5-7-15/h3-8,11-12H,9-10H2,1-2H3,(H2,21,23,24,25). The number of nitrogens with one attached hydrogen (secondary N) is 2. The van der Waals surface area contributed by atoms with Crippen molar-refractivity contribution in [1.29, 1.82) is 0 Å². The number of anilines is 3. The topological polar surface area (TPSA) is 81.2 Å². The van der Waals surface area contributed by atoms with Gasteiger partial charge in [-0.05, 0) is 48.4 Å². The fourth-order valence-electron chi connectivity index (χ4n) is 2.48. The highest BCUT2D eigenvalue weighted by Crippen LogP contribution is 2.27. The summed E-state index contributed by atoms with van der Waals surface area (Å²) in [6.07, 6.45) is 2.32. The van der Waals surface area contributed by atoms with Crippen LogP contribution in [-0.4, -0.2) is 35.9 Å². The van der Waals surface area contributed by atoms with E-state index in [9.17, 15) is 4.39 Å². The fraction of sp³-hybridized carbons (Fsp3) is 0.211. The van der Waals surface area contributed by atoms with Crippen molar-refractivity contribution in [2.75, 3.05) is 31.4 Å². The molecule has 0 amide bonds. The molecule has 0 saturated heterocycles. The molecule has 0 unspecified atom stereocenters. The van der Waals surface area contributed by atoms with Gasteiger partial charge in [0.15, 0.2) is 17.3 Å². The normalized spacial score (nSPS) is 10.3. The first kappa shape index (κ1) is 18.4. The zero-order valence-electron chi connectivity index (χ0n) is 15.1. The minimum absolute atomic E-state index is 0.301. The highest BCUT2D eigenvalue weighted by Gasteiger charge is 2.05. The average molecular weight is 369 g/mol. The van der Waals surface area contributed by atoms with Crippen LogP contribution >= 0.6 is 0 Å². The second-order valence-corrected chi connectivity index (χ2v) is 5.66. The summed E-state index contributed by atoms with van der Waals surface area (Å²) < 4.78 is 23.5. The van der Waals surface area contributed by atoms with Crippen molar-refractivity contribution in [2.24, 2.45) is 0 Å². The lowest BCUT2D eigenvalue weighted by Gasteiger charge is -2.10. The lowest BCUT2D eigenvalue weighted by Crippen LogP contribution is -2.09. The Labute approximate surface area is 156 Å². The van der Waals surface area contributed by atoms with Crippen LogP contribution in [0, 0.1) is 5.82 Å². The number of ether oxygens (including phenoxy) is 2. The van der Waals surface area contributed by atoms with Gasteiger partial charge < -0.3 is 20.1 Å². The van der Waals surface area contributed by atoms with E-state index in [0.29, 0.717) is 35.5 Å². The maximum atomic E-state index is 13.0. The molecule has 0 aliphatic rings. The van der Waals surface area contributed by atoms with Gasteiger partial charge in [-0.1, -0.05) is 6.07 Å². The van der Waals surface area contributed by atoms with Gasteiger partial charge in [0.25, 0.3) is 0 Å². The van der Waals surface area contributed by atoms with Gasteiger partial charge in [-0.15, -0.1) is 5.10 Å². The first-order valence-electron chi connectivity index (χ1n) is 8.35. The fourth-order valence-corrected chi connectivity index (χ4v) is 2.48. The number of rotatable bonds is 8. The summed E-state index contributed by atoms with van der Waals surface area (Å²) in [5, 5.41) is 14.0. The van der Waals surface area contributed by atoms with Crippen LogP contribution in [0.2, 0.25) is 0 Å². The highest BCUT2D eigenvalue weighted by atomic mass is 19.1. The molecule has 140 valence electrons. The lowest BCUT2D eigenvalue weighted by atomic mass is 10.1. The predicted octanol–water partition coefficient (Wildman–Crippen LogP) is 3.43. The van der Waals surface area contributed by atoms with E-state index in [1.54, 1.807) is 32.5 Å². The van der Waals surface area contributed by atoms with E-state index in [-0.39, 0.29) is 5.82 Å². The number of benzene rings is 2. The Morgan fingerprint density at radius 2 is 1.78 bits per heavy atom. The van der Waals surface area contributed by atoms with Crippen LogP contribution in [0.1, 0.15) is 5.56 Å². The molecule has 0 aliphatic carbocycles. The first-order chi connectivity index (χ1) is 13.2. The molecule has 0 aliphatic heterocycles. The van der Waals surface area contributed by atoms with E-state index in [4.69, 9.17) is 9.47 Å². The Hall–Kier alpha value is -3.42. The average Bonchev–Trinajstić information content (AvgIpc) is 2.70. The number of nitrogens with zero attached hydrogens (tertiary/aromatic N) is 3. The Morgan fingerprint density at radius 3 is 2.52 bits per heavy atom. The molecular formula is C19H20FN5O2. The van der Waals surface area contributed by atoms with E-state index >= 15 is 0 Å². The molecule has 0 spiro atoms. The van der Waals surface area contributed by atoms with Crippen molar-refractivity contribution in [2.45, 2.75) is 6.42 Å². The summed E-state index contributed by atoms with van der Waals surface area (Å²) in [4.78, 5) is 4.35. The summed E-state index contributed by atoms with van der Waals surface area (Å²) in [6.45, 7) is 0.657. The monoisotopic (exact) mass is 369 g/mol. The van der Waals surface area contributed by atoms with Crippen LogP contribution in [0.5, 0.6) is 11.5 Å². The summed E-state index contributed by atoms with van der Waals surface area (Å²) in [7, 11) is 3.22. The molecule has 0 radical (unpaired) electrons. The van der Waals surface area contributed by atoms with Gasteiger partial charge >= 0.3 is 0 Å². The highest BCUT2D eigenvalue weighted by molar-refractivity contribution is 5.53. The minimum Gasteiger partial charge on any atom is -0.493 e. The number of halogens is 1. The molecule has 0 bridgehead atoms. The third-order valence-electron chi connectivity index (χ3n) is 3.83. The lowest BCUT2D eigenvalue weighted by molar-refractivity contribution is 0.354. The van der Waals surface area contributed by atoms with E-state index < -0.39 is 0 Å². The van der Waals surface area contributed by atoms with Crippen LogP contribution in [-0.2, 0) is 6.42 Å². The molecule has 8 heteroatoms. The van der Waals surface area contributed by atoms with Crippen molar-refractivity contribution >= 4 is 17.5 Å². The van der Waals surface area contributed by atoms with Gasteiger partial charge in [0.05, 0.1) is 20.4 Å². The molecule has 3 aromatic rings. The summed E-state index contributed by atoms with van der Waals surface area (Å²) in [6, 6.07) is 11.8. The third-order valence-corrected chi connectivity index (χ3v) is 3.83. The van der Waals surface area contributed by atoms with Crippen LogP contribution in [0.25, 0.3) is 0 Å². The smallest absolute Gasteiger partial charge is 0.249 e. The molecular weight excluding hydrogens is 349 g/mol. The number of methoxy groups -OCH3 is 2. The van der Waals surface area contributed by atoms with E-state index in [0.717, 1.165) is 12.0 Å². The van der Waals surface area contributed by atoms with Crippen LogP contribution in [0.3, 0.4) is 0 Å². The largest absolute Gasteiger partial charge is 0.493 e. The summed E-state index contributed by atoms with van der Waals surface area (Å²) in [5.74, 6) is 2.02. The van der Waals surface area contributed by atoms with Crippen molar-refractivity contribution in [1.82, 2.24) is 15.2 Å². The van der Waals surface area contributed by atoms with Crippen LogP contribution < -0.4 is 20.1 Å². The second-order valence-electron chi connectivity index (χ2n) is 5.66. The molecule has 1 aromatic heterocycles. The predicted molar refractivity (Wildman–Crippen MR) is 101 cm³/mol. The van der Waals surface area contributed by atoms with E-state index in [1.807, 2.05) is 18.2 Å². The quantitative estimate of drug-likeness (QED) is 0.629. The molecule has 0 atom stereocenters. The van der Waals surface area contributed by atoms with Gasteiger partial charge in [0.2, 0.25) is 5.95 Å². The third kappa shape index (κ3) is 5.04. The zero-order valence-corrected chi connectivity index (χ0v) is 15.1. The van der Waals surface area contributed by atoms with Crippen molar-refractivity contribution in [3.8, 4) is 11.5 Å². The first-order valence-corrected chi connectivity index (χ1v) is 8.35.